The number of benzene rings is 3. The second kappa shape index (κ2) is 9.35. The van der Waals surface area contributed by atoms with E-state index in [0.29, 0.717) is 28.6 Å². The summed E-state index contributed by atoms with van der Waals surface area (Å²) in [5.41, 5.74) is 3.19. The molecular formula is C22H19ClN2O2S. The zero-order chi connectivity index (χ0) is 19.9. The largest absolute Gasteiger partial charge is 0.489 e. The second-order valence-corrected chi connectivity index (χ2v) is 6.99. The van der Waals surface area contributed by atoms with Crippen LogP contribution in [0.4, 0.5) is 5.69 Å². The Labute approximate surface area is 174 Å². The van der Waals surface area contributed by atoms with Crippen LogP contribution in [0, 0.1) is 6.92 Å². The quantitative estimate of drug-likeness (QED) is 0.556. The van der Waals surface area contributed by atoms with E-state index in [-0.39, 0.29) is 11.0 Å². The zero-order valence-electron chi connectivity index (χ0n) is 15.2. The van der Waals surface area contributed by atoms with E-state index in [0.717, 1.165) is 11.1 Å². The molecule has 0 heterocycles. The standard InChI is InChI=1S/C22H19ClN2O2S/c1-15-10-11-18(13-20(15)23)24-22(28)25-21(26)17-8-5-9-19(12-17)27-14-16-6-3-2-4-7-16/h2-13H,14H2,1H3,(H2,24,25,26,28). The Kier molecular flexibility index (Phi) is 6.63. The summed E-state index contributed by atoms with van der Waals surface area (Å²) in [6.07, 6.45) is 0. The van der Waals surface area contributed by atoms with Gasteiger partial charge in [-0.25, -0.2) is 0 Å². The van der Waals surface area contributed by atoms with Gasteiger partial charge >= 0.3 is 0 Å². The molecule has 1 amide bonds. The van der Waals surface area contributed by atoms with Gasteiger partial charge in [-0.05, 0) is 60.6 Å². The Hall–Kier alpha value is -2.89. The lowest BCUT2D eigenvalue weighted by molar-refractivity contribution is 0.0977. The first kappa shape index (κ1) is 19.9. The highest BCUT2D eigenvalue weighted by atomic mass is 35.5. The van der Waals surface area contributed by atoms with Crippen molar-refractivity contribution in [1.82, 2.24) is 5.32 Å². The summed E-state index contributed by atoms with van der Waals surface area (Å²) in [6, 6.07) is 22.3. The molecule has 0 aliphatic heterocycles. The van der Waals surface area contributed by atoms with Gasteiger partial charge in [0.05, 0.1) is 0 Å². The van der Waals surface area contributed by atoms with Crippen LogP contribution in [-0.4, -0.2) is 11.0 Å². The lowest BCUT2D eigenvalue weighted by atomic mass is 10.2. The number of hydrogen-bond acceptors (Lipinski definition) is 3. The Morgan fingerprint density at radius 1 is 1.04 bits per heavy atom. The minimum atomic E-state index is -0.319. The van der Waals surface area contributed by atoms with Crippen LogP contribution in [0.25, 0.3) is 0 Å². The number of anilines is 1. The summed E-state index contributed by atoms with van der Waals surface area (Å²) >= 11 is 11.3. The average molecular weight is 411 g/mol. The number of halogens is 1. The van der Waals surface area contributed by atoms with Gasteiger partial charge in [0, 0.05) is 16.3 Å². The average Bonchev–Trinajstić information content (AvgIpc) is 2.70. The fourth-order valence-corrected chi connectivity index (χ4v) is 2.87. The molecule has 0 saturated heterocycles. The predicted molar refractivity (Wildman–Crippen MR) is 117 cm³/mol. The Bertz CT molecular complexity index is 993. The smallest absolute Gasteiger partial charge is 0.257 e. The van der Waals surface area contributed by atoms with Gasteiger partial charge < -0.3 is 10.1 Å². The number of carbonyl (C=O) groups is 1. The molecule has 2 N–H and O–H groups in total. The van der Waals surface area contributed by atoms with Gasteiger partial charge in [0.15, 0.2) is 5.11 Å². The molecule has 0 aromatic heterocycles. The van der Waals surface area contributed by atoms with Crippen molar-refractivity contribution in [3.8, 4) is 5.75 Å². The summed E-state index contributed by atoms with van der Waals surface area (Å²) in [5, 5.41) is 6.44. The zero-order valence-corrected chi connectivity index (χ0v) is 16.8. The molecule has 142 valence electrons. The van der Waals surface area contributed by atoms with Crippen molar-refractivity contribution in [2.24, 2.45) is 0 Å². The first-order chi connectivity index (χ1) is 13.5. The summed E-state index contributed by atoms with van der Waals surface area (Å²) in [5.74, 6) is 0.293. The van der Waals surface area contributed by atoms with Gasteiger partial charge in [-0.3, -0.25) is 10.1 Å². The molecule has 0 fully saturated rings. The van der Waals surface area contributed by atoms with E-state index < -0.39 is 0 Å². The van der Waals surface area contributed by atoms with Crippen LogP contribution in [0.2, 0.25) is 5.02 Å². The maximum absolute atomic E-state index is 12.5. The number of amides is 1. The molecule has 0 atom stereocenters. The molecule has 6 heteroatoms. The lowest BCUT2D eigenvalue weighted by Crippen LogP contribution is -2.34. The van der Waals surface area contributed by atoms with Crippen LogP contribution in [-0.2, 0) is 6.61 Å². The van der Waals surface area contributed by atoms with E-state index in [9.17, 15) is 4.79 Å². The van der Waals surface area contributed by atoms with Gasteiger partial charge in [-0.1, -0.05) is 54.1 Å². The number of rotatable bonds is 5. The lowest BCUT2D eigenvalue weighted by Gasteiger charge is -2.11. The summed E-state index contributed by atoms with van der Waals surface area (Å²) in [4.78, 5) is 12.5. The third kappa shape index (κ3) is 5.55. The molecule has 28 heavy (non-hydrogen) atoms. The molecule has 0 radical (unpaired) electrons. The van der Waals surface area contributed by atoms with Gasteiger partial charge in [-0.15, -0.1) is 0 Å². The third-order valence-electron chi connectivity index (χ3n) is 4.00. The first-order valence-electron chi connectivity index (χ1n) is 8.66. The van der Waals surface area contributed by atoms with Gasteiger partial charge in [0.25, 0.3) is 5.91 Å². The monoisotopic (exact) mass is 410 g/mol. The molecule has 0 bridgehead atoms. The summed E-state index contributed by atoms with van der Waals surface area (Å²) < 4.78 is 5.76. The van der Waals surface area contributed by atoms with Crippen LogP contribution in [0.15, 0.2) is 72.8 Å². The third-order valence-corrected chi connectivity index (χ3v) is 4.61. The van der Waals surface area contributed by atoms with E-state index >= 15 is 0 Å². The number of thiocarbonyl (C=S) groups is 1. The molecule has 3 aromatic rings. The van der Waals surface area contributed by atoms with Crippen molar-refractivity contribution in [2.45, 2.75) is 13.5 Å². The molecule has 3 aromatic carbocycles. The summed E-state index contributed by atoms with van der Waals surface area (Å²) in [7, 11) is 0. The number of ether oxygens (including phenoxy) is 1. The molecule has 3 rings (SSSR count). The van der Waals surface area contributed by atoms with E-state index in [2.05, 4.69) is 10.6 Å². The molecule has 4 nitrogen and oxygen atoms in total. The Balaban J connectivity index is 1.59. The summed E-state index contributed by atoms with van der Waals surface area (Å²) in [6.45, 7) is 2.35. The fourth-order valence-electron chi connectivity index (χ4n) is 2.48. The number of aryl methyl sites for hydroxylation is 1. The number of hydrogen-bond donors (Lipinski definition) is 2. The van der Waals surface area contributed by atoms with Crippen LogP contribution >= 0.6 is 23.8 Å². The van der Waals surface area contributed by atoms with E-state index in [1.807, 2.05) is 55.5 Å². The van der Waals surface area contributed by atoms with Crippen molar-refractivity contribution >= 4 is 40.5 Å². The Morgan fingerprint density at radius 2 is 1.82 bits per heavy atom. The molecular weight excluding hydrogens is 392 g/mol. The highest BCUT2D eigenvalue weighted by Crippen LogP contribution is 2.20. The van der Waals surface area contributed by atoms with Gasteiger partial charge in [0.2, 0.25) is 0 Å². The van der Waals surface area contributed by atoms with Crippen LogP contribution in [0.1, 0.15) is 21.5 Å². The molecule has 0 saturated carbocycles. The minimum absolute atomic E-state index is 0.195. The van der Waals surface area contributed by atoms with Crippen LogP contribution < -0.4 is 15.4 Å². The van der Waals surface area contributed by atoms with Gasteiger partial charge in [0.1, 0.15) is 12.4 Å². The van der Waals surface area contributed by atoms with Crippen LogP contribution in [0.3, 0.4) is 0 Å². The van der Waals surface area contributed by atoms with Crippen LogP contribution in [0.5, 0.6) is 5.75 Å². The van der Waals surface area contributed by atoms with Crippen molar-refractivity contribution in [1.29, 1.82) is 0 Å². The fraction of sp³-hybridized carbons (Fsp3) is 0.0909. The number of nitrogens with one attached hydrogen (secondary N) is 2. The predicted octanol–water partition coefficient (Wildman–Crippen LogP) is 5.35. The van der Waals surface area contributed by atoms with E-state index in [1.54, 1.807) is 24.3 Å². The highest BCUT2D eigenvalue weighted by molar-refractivity contribution is 7.80. The van der Waals surface area contributed by atoms with Crippen molar-refractivity contribution in [3.05, 3.63) is 94.5 Å². The minimum Gasteiger partial charge on any atom is -0.489 e. The van der Waals surface area contributed by atoms with Crippen molar-refractivity contribution in [3.63, 3.8) is 0 Å². The van der Waals surface area contributed by atoms with Gasteiger partial charge in [-0.2, -0.15) is 0 Å². The molecule has 0 aliphatic rings. The topological polar surface area (TPSA) is 50.4 Å². The van der Waals surface area contributed by atoms with E-state index in [4.69, 9.17) is 28.6 Å². The van der Waals surface area contributed by atoms with E-state index in [1.165, 1.54) is 0 Å². The second-order valence-electron chi connectivity index (χ2n) is 6.17. The maximum atomic E-state index is 12.5. The molecule has 0 aliphatic carbocycles. The normalized spacial score (nSPS) is 10.2. The number of carbonyl (C=O) groups excluding carboxylic acids is 1. The highest BCUT2D eigenvalue weighted by Gasteiger charge is 2.10. The maximum Gasteiger partial charge on any atom is 0.257 e. The SMILES string of the molecule is Cc1ccc(NC(=S)NC(=O)c2cccc(OCc3ccccc3)c2)cc1Cl. The molecule has 0 spiro atoms. The van der Waals surface area contributed by atoms with Crippen molar-refractivity contribution < 1.29 is 9.53 Å². The molecule has 0 unspecified atom stereocenters. The van der Waals surface area contributed by atoms with Crippen molar-refractivity contribution in [2.75, 3.05) is 5.32 Å². The first-order valence-corrected chi connectivity index (χ1v) is 9.45. The Morgan fingerprint density at radius 3 is 2.57 bits per heavy atom.